The molecule has 10 heteroatoms. The lowest BCUT2D eigenvalue weighted by Crippen LogP contribution is -2.50. The molecule has 0 saturated carbocycles. The molecule has 2 aliphatic rings. The summed E-state index contributed by atoms with van der Waals surface area (Å²) in [5.41, 5.74) is 1.51. The predicted molar refractivity (Wildman–Crippen MR) is 132 cm³/mol. The highest BCUT2D eigenvalue weighted by Crippen LogP contribution is 2.38. The smallest absolute Gasteiger partial charge is 0.341 e. The van der Waals surface area contributed by atoms with Gasteiger partial charge in [0.05, 0.1) is 23.1 Å². The molecule has 0 unspecified atom stereocenters. The van der Waals surface area contributed by atoms with Crippen molar-refractivity contribution in [3.8, 4) is 0 Å². The third kappa shape index (κ3) is 5.51. The lowest BCUT2D eigenvalue weighted by Gasteiger charge is -2.33. The van der Waals surface area contributed by atoms with Gasteiger partial charge in [-0.25, -0.2) is 13.2 Å². The van der Waals surface area contributed by atoms with Crippen LogP contribution in [0.15, 0.2) is 35.2 Å². The summed E-state index contributed by atoms with van der Waals surface area (Å²) in [6.07, 6.45) is 3.60. The number of rotatable bonds is 7. The van der Waals surface area contributed by atoms with Crippen LogP contribution < -0.4 is 5.32 Å². The first kappa shape index (κ1) is 24.8. The Kier molecular flexibility index (Phi) is 7.71. The van der Waals surface area contributed by atoms with E-state index in [9.17, 15) is 18.0 Å². The third-order valence-corrected chi connectivity index (χ3v) is 9.17. The maximum atomic E-state index is 12.9. The van der Waals surface area contributed by atoms with Crippen LogP contribution in [0.5, 0.6) is 0 Å². The molecule has 1 N–H and O–H groups in total. The van der Waals surface area contributed by atoms with Crippen LogP contribution in [0.1, 0.15) is 47.5 Å². The summed E-state index contributed by atoms with van der Waals surface area (Å²) in [5.74, 6) is -0.596. The molecule has 0 atom stereocenters. The molecule has 1 aromatic heterocycles. The molecule has 2 aromatic rings. The highest BCUT2D eigenvalue weighted by atomic mass is 32.2. The Balaban J connectivity index is 1.38. The number of benzene rings is 1. The normalized spacial score (nSPS) is 17.4. The zero-order valence-corrected chi connectivity index (χ0v) is 21.2. The van der Waals surface area contributed by atoms with Crippen molar-refractivity contribution in [1.29, 1.82) is 0 Å². The van der Waals surface area contributed by atoms with Gasteiger partial charge in [0.1, 0.15) is 5.00 Å². The number of ether oxygens (including phenoxy) is 1. The highest BCUT2D eigenvalue weighted by Gasteiger charge is 2.30. The van der Waals surface area contributed by atoms with Crippen molar-refractivity contribution in [2.45, 2.75) is 50.5 Å². The fraction of sp³-hybridized carbons (Fsp3) is 0.500. The molecule has 1 saturated heterocycles. The van der Waals surface area contributed by atoms with Gasteiger partial charge < -0.3 is 10.1 Å². The highest BCUT2D eigenvalue weighted by molar-refractivity contribution is 7.89. The van der Waals surface area contributed by atoms with Gasteiger partial charge in [-0.1, -0.05) is 18.2 Å². The van der Waals surface area contributed by atoms with Crippen LogP contribution >= 0.6 is 11.3 Å². The molecule has 34 heavy (non-hydrogen) atoms. The molecular formula is C24H31N3O5S2. The van der Waals surface area contributed by atoms with E-state index in [2.05, 4.69) is 5.32 Å². The molecule has 8 nitrogen and oxygen atoms in total. The molecular weight excluding hydrogens is 474 g/mol. The molecule has 0 spiro atoms. The van der Waals surface area contributed by atoms with E-state index in [1.54, 1.807) is 30.3 Å². The Bertz CT molecular complexity index is 1140. The number of anilines is 1. The molecule has 4 rings (SSSR count). The Morgan fingerprint density at radius 3 is 2.41 bits per heavy atom. The second-order valence-electron chi connectivity index (χ2n) is 8.91. The van der Waals surface area contributed by atoms with Crippen molar-refractivity contribution in [3.63, 3.8) is 0 Å². The zero-order chi connectivity index (χ0) is 24.3. The van der Waals surface area contributed by atoms with E-state index in [4.69, 9.17) is 4.74 Å². The van der Waals surface area contributed by atoms with Crippen molar-refractivity contribution in [2.24, 2.45) is 0 Å². The average molecular weight is 506 g/mol. The van der Waals surface area contributed by atoms with Crippen LogP contribution in [-0.2, 0) is 32.4 Å². The first-order valence-electron chi connectivity index (χ1n) is 11.7. The number of amides is 1. The van der Waals surface area contributed by atoms with E-state index in [1.165, 1.54) is 15.6 Å². The van der Waals surface area contributed by atoms with Gasteiger partial charge in [0, 0.05) is 31.1 Å². The van der Waals surface area contributed by atoms with Crippen LogP contribution in [0.4, 0.5) is 5.00 Å². The minimum absolute atomic E-state index is 0.139. The van der Waals surface area contributed by atoms with Crippen molar-refractivity contribution in [3.05, 3.63) is 46.3 Å². The van der Waals surface area contributed by atoms with Gasteiger partial charge in [-0.3, -0.25) is 9.69 Å². The minimum Gasteiger partial charge on any atom is -0.459 e. The van der Waals surface area contributed by atoms with E-state index >= 15 is 0 Å². The van der Waals surface area contributed by atoms with Crippen molar-refractivity contribution in [2.75, 3.05) is 38.0 Å². The van der Waals surface area contributed by atoms with Crippen LogP contribution in [0.25, 0.3) is 0 Å². The summed E-state index contributed by atoms with van der Waals surface area (Å²) in [4.78, 5) is 29.0. The van der Waals surface area contributed by atoms with Crippen LogP contribution in [0.3, 0.4) is 0 Å². The van der Waals surface area contributed by atoms with Crippen molar-refractivity contribution in [1.82, 2.24) is 9.21 Å². The van der Waals surface area contributed by atoms with E-state index in [0.29, 0.717) is 36.7 Å². The fourth-order valence-electron chi connectivity index (χ4n) is 4.38. The first-order chi connectivity index (χ1) is 16.3. The zero-order valence-electron chi connectivity index (χ0n) is 19.6. The summed E-state index contributed by atoms with van der Waals surface area (Å²) in [6, 6.07) is 8.39. The summed E-state index contributed by atoms with van der Waals surface area (Å²) in [5, 5.41) is 3.50. The topological polar surface area (TPSA) is 96.0 Å². The van der Waals surface area contributed by atoms with Gasteiger partial charge in [0.15, 0.2) is 0 Å². The second kappa shape index (κ2) is 10.6. The number of hydrogen-bond donors (Lipinski definition) is 1. The summed E-state index contributed by atoms with van der Waals surface area (Å²) >= 11 is 1.47. The largest absolute Gasteiger partial charge is 0.459 e. The quantitative estimate of drug-likeness (QED) is 0.581. The van der Waals surface area contributed by atoms with Gasteiger partial charge in [-0.15, -0.1) is 11.3 Å². The fourth-order valence-corrected chi connectivity index (χ4v) is 7.12. The number of sulfonamides is 1. The predicted octanol–water partition coefficient (Wildman–Crippen LogP) is 3.14. The number of hydrogen-bond acceptors (Lipinski definition) is 7. The van der Waals surface area contributed by atoms with Crippen LogP contribution in [0, 0.1) is 0 Å². The molecule has 184 valence electrons. The lowest BCUT2D eigenvalue weighted by atomic mass is 9.95. The van der Waals surface area contributed by atoms with Gasteiger partial charge in [-0.2, -0.15) is 4.31 Å². The monoisotopic (exact) mass is 505 g/mol. The van der Waals surface area contributed by atoms with Gasteiger partial charge in [-0.05, 0) is 57.2 Å². The Labute approximate surface area is 204 Å². The van der Waals surface area contributed by atoms with E-state index in [-0.39, 0.29) is 29.4 Å². The first-order valence-corrected chi connectivity index (χ1v) is 13.9. The average Bonchev–Trinajstić information content (AvgIpc) is 3.17. The summed E-state index contributed by atoms with van der Waals surface area (Å²) in [7, 11) is -3.53. The standard InChI is InChI=1S/C24H31N3O5S2/c1-17(2)32-24(29)22-19-10-6-7-11-20(19)33-23(22)25-21(28)16-26-12-14-27(15-13-26)34(30,31)18-8-4-3-5-9-18/h3-5,8-9,17H,6-7,10-16H2,1-2H3,(H,25,28). The van der Waals surface area contributed by atoms with Gasteiger partial charge in [0.2, 0.25) is 15.9 Å². The van der Waals surface area contributed by atoms with E-state index in [1.807, 2.05) is 18.7 Å². The number of carbonyl (C=O) groups excluding carboxylic acids is 2. The van der Waals surface area contributed by atoms with Crippen LogP contribution in [-0.4, -0.2) is 68.3 Å². The SMILES string of the molecule is CC(C)OC(=O)c1c(NC(=O)CN2CCN(S(=O)(=O)c3ccccc3)CC2)sc2c1CCCC2. The Morgan fingerprint density at radius 2 is 1.74 bits per heavy atom. The molecule has 0 bridgehead atoms. The number of nitrogens with one attached hydrogen (secondary N) is 1. The number of esters is 1. The Morgan fingerprint density at radius 1 is 1.06 bits per heavy atom. The number of carbonyl (C=O) groups is 2. The molecule has 1 aliphatic carbocycles. The number of nitrogens with zero attached hydrogens (tertiary/aromatic N) is 2. The molecule has 1 fully saturated rings. The minimum atomic E-state index is -3.53. The van der Waals surface area contributed by atoms with Gasteiger partial charge >= 0.3 is 5.97 Å². The van der Waals surface area contributed by atoms with E-state index < -0.39 is 10.0 Å². The van der Waals surface area contributed by atoms with E-state index in [0.717, 1.165) is 36.1 Å². The number of fused-ring (bicyclic) bond motifs is 1. The molecule has 1 aromatic carbocycles. The molecule has 1 aliphatic heterocycles. The number of thiophene rings is 1. The number of aryl methyl sites for hydroxylation is 1. The van der Waals surface area contributed by atoms with Crippen LogP contribution in [0.2, 0.25) is 0 Å². The Hall–Kier alpha value is -2.27. The summed E-state index contributed by atoms with van der Waals surface area (Å²) in [6.45, 7) is 5.33. The lowest BCUT2D eigenvalue weighted by molar-refractivity contribution is -0.117. The number of piperazine rings is 1. The van der Waals surface area contributed by atoms with Crippen molar-refractivity contribution >= 4 is 38.2 Å². The summed E-state index contributed by atoms with van der Waals surface area (Å²) < 4.78 is 32.6. The maximum absolute atomic E-state index is 12.9. The molecule has 0 radical (unpaired) electrons. The maximum Gasteiger partial charge on any atom is 0.341 e. The van der Waals surface area contributed by atoms with Gasteiger partial charge in [0.25, 0.3) is 0 Å². The molecule has 2 heterocycles. The molecule has 1 amide bonds. The third-order valence-electron chi connectivity index (χ3n) is 6.05. The van der Waals surface area contributed by atoms with Crippen molar-refractivity contribution < 1.29 is 22.7 Å². The second-order valence-corrected chi connectivity index (χ2v) is 12.0.